The van der Waals surface area contributed by atoms with Crippen LogP contribution in [-0.2, 0) is 16.2 Å². The van der Waals surface area contributed by atoms with Gasteiger partial charge in [-0.05, 0) is 79.4 Å². The number of fused-ring (bicyclic) bond motifs is 1. The van der Waals surface area contributed by atoms with E-state index in [1.54, 1.807) is 36.2 Å². The van der Waals surface area contributed by atoms with E-state index in [2.05, 4.69) is 10.1 Å². The van der Waals surface area contributed by atoms with Gasteiger partial charge in [0.05, 0.1) is 17.2 Å². The topological polar surface area (TPSA) is 74.6 Å². The Bertz CT molecular complexity index is 1440. The zero-order valence-corrected chi connectivity index (χ0v) is 23.0. The lowest BCUT2D eigenvalue weighted by molar-refractivity contribution is -0.128. The number of likely N-dealkylation sites (N-methyl/N-ethyl adjacent to an activating group) is 1. The number of oxime groups is 1. The first-order valence-corrected chi connectivity index (χ1v) is 14.0. The maximum absolute atomic E-state index is 13.9. The third-order valence-corrected chi connectivity index (χ3v) is 8.10. The molecule has 1 saturated heterocycles. The minimum absolute atomic E-state index is 0.182. The van der Waals surface area contributed by atoms with Gasteiger partial charge in [-0.15, -0.1) is 0 Å². The summed E-state index contributed by atoms with van der Waals surface area (Å²) in [4.78, 5) is 23.1. The highest BCUT2D eigenvalue weighted by Crippen LogP contribution is 2.35. The zero-order chi connectivity index (χ0) is 27.8. The van der Waals surface area contributed by atoms with E-state index < -0.39 is 12.1 Å². The molecule has 0 aromatic heterocycles. The lowest BCUT2D eigenvalue weighted by Crippen LogP contribution is -2.53. The van der Waals surface area contributed by atoms with Gasteiger partial charge < -0.3 is 24.5 Å². The third-order valence-electron chi connectivity index (χ3n) is 7.81. The number of benzene rings is 3. The smallest absolute Gasteiger partial charge is 0.276 e. The standard InChI is InChI=1S/C31H31ClFN3O4/c1-35(27(17-36-13-2-14-36)30(37)21-6-12-28(26(32)16-21)40-24-9-10-24)31(38)29-25-11-5-20(15-22(25)18-39-34-29)19-3-7-23(33)8-4-19/h3-8,11-12,15-16,24,27,30,37H,2,9-10,13-14,17-18H2,1H3/t27-,30-/m1/s1. The highest BCUT2D eigenvalue weighted by molar-refractivity contribution is 6.45. The number of aliphatic hydroxyl groups is 1. The second-order valence-electron chi connectivity index (χ2n) is 10.7. The van der Waals surface area contributed by atoms with Gasteiger partial charge in [0, 0.05) is 24.7 Å². The van der Waals surface area contributed by atoms with Gasteiger partial charge in [-0.25, -0.2) is 4.39 Å². The largest absolute Gasteiger partial charge is 0.489 e. The van der Waals surface area contributed by atoms with Crippen molar-refractivity contribution < 1.29 is 23.9 Å². The molecule has 0 radical (unpaired) electrons. The van der Waals surface area contributed by atoms with E-state index in [4.69, 9.17) is 21.2 Å². The molecule has 208 valence electrons. The number of halogens is 2. The maximum atomic E-state index is 13.9. The van der Waals surface area contributed by atoms with Crippen LogP contribution < -0.4 is 4.74 Å². The number of hydrogen-bond acceptors (Lipinski definition) is 6. The molecule has 3 aromatic rings. The Balaban J connectivity index is 1.24. The van der Waals surface area contributed by atoms with E-state index in [-0.39, 0.29) is 30.1 Å². The number of amides is 1. The van der Waals surface area contributed by atoms with Crippen LogP contribution in [0.5, 0.6) is 5.75 Å². The Morgan fingerprint density at radius 2 is 1.90 bits per heavy atom. The van der Waals surface area contributed by atoms with Crippen molar-refractivity contribution in [2.45, 2.75) is 44.1 Å². The van der Waals surface area contributed by atoms with Gasteiger partial charge in [0.2, 0.25) is 0 Å². The van der Waals surface area contributed by atoms with Crippen molar-refractivity contribution in [1.29, 1.82) is 0 Å². The van der Waals surface area contributed by atoms with E-state index in [1.807, 2.05) is 24.3 Å². The van der Waals surface area contributed by atoms with E-state index in [1.165, 1.54) is 12.1 Å². The van der Waals surface area contributed by atoms with Crippen molar-refractivity contribution in [3.05, 3.63) is 88.2 Å². The van der Waals surface area contributed by atoms with Crippen molar-refractivity contribution in [3.63, 3.8) is 0 Å². The van der Waals surface area contributed by atoms with Crippen LogP contribution in [0, 0.1) is 5.82 Å². The fraction of sp³-hybridized carbons (Fsp3) is 0.355. The van der Waals surface area contributed by atoms with E-state index in [0.29, 0.717) is 28.4 Å². The molecule has 1 N–H and O–H groups in total. The molecule has 1 amide bonds. The number of nitrogens with zero attached hydrogens (tertiary/aromatic N) is 3. The summed E-state index contributed by atoms with van der Waals surface area (Å²) >= 11 is 6.50. The van der Waals surface area contributed by atoms with E-state index >= 15 is 0 Å². The van der Waals surface area contributed by atoms with Crippen LogP contribution in [0.2, 0.25) is 5.02 Å². The number of rotatable bonds is 9. The van der Waals surface area contributed by atoms with Crippen molar-refractivity contribution in [1.82, 2.24) is 9.80 Å². The van der Waals surface area contributed by atoms with Crippen molar-refractivity contribution >= 4 is 23.2 Å². The lowest BCUT2D eigenvalue weighted by atomic mass is 9.95. The van der Waals surface area contributed by atoms with Crippen LogP contribution in [0.25, 0.3) is 11.1 Å². The quantitative estimate of drug-likeness (QED) is 0.388. The van der Waals surface area contributed by atoms with Gasteiger partial charge >= 0.3 is 0 Å². The Morgan fingerprint density at radius 3 is 2.58 bits per heavy atom. The monoisotopic (exact) mass is 563 g/mol. The molecule has 9 heteroatoms. The summed E-state index contributed by atoms with van der Waals surface area (Å²) in [6.45, 7) is 2.56. The number of carbonyl (C=O) groups is 1. The summed E-state index contributed by atoms with van der Waals surface area (Å²) in [7, 11) is 1.69. The molecule has 2 fully saturated rings. The molecule has 7 nitrogen and oxygen atoms in total. The predicted molar refractivity (Wildman–Crippen MR) is 151 cm³/mol. The first kappa shape index (κ1) is 26.7. The molecule has 0 bridgehead atoms. The molecule has 3 aliphatic rings. The van der Waals surface area contributed by atoms with Crippen LogP contribution >= 0.6 is 11.6 Å². The molecule has 0 unspecified atom stereocenters. The fourth-order valence-electron chi connectivity index (χ4n) is 5.10. The molecule has 0 spiro atoms. The summed E-state index contributed by atoms with van der Waals surface area (Å²) in [5.74, 6) is -0.0399. The minimum atomic E-state index is -0.979. The lowest BCUT2D eigenvalue weighted by Gasteiger charge is -2.40. The first-order chi connectivity index (χ1) is 19.4. The fourth-order valence-corrected chi connectivity index (χ4v) is 5.33. The van der Waals surface area contributed by atoms with E-state index in [9.17, 15) is 14.3 Å². The highest BCUT2D eigenvalue weighted by Gasteiger charge is 2.35. The predicted octanol–water partition coefficient (Wildman–Crippen LogP) is 5.19. The van der Waals surface area contributed by atoms with Crippen LogP contribution in [0.4, 0.5) is 4.39 Å². The Kier molecular flexibility index (Phi) is 7.49. The third kappa shape index (κ3) is 5.57. The van der Waals surface area contributed by atoms with Crippen LogP contribution in [0.1, 0.15) is 42.1 Å². The Hall–Kier alpha value is -3.46. The number of carbonyl (C=O) groups excluding carboxylic acids is 1. The second kappa shape index (κ2) is 11.2. The summed E-state index contributed by atoms with van der Waals surface area (Å²) in [5, 5.41) is 16.1. The molecule has 2 heterocycles. The Morgan fingerprint density at radius 1 is 1.15 bits per heavy atom. The van der Waals surface area contributed by atoms with Gasteiger partial charge in [0.15, 0.2) is 5.71 Å². The molecular formula is C31H31ClFN3O4. The minimum Gasteiger partial charge on any atom is -0.489 e. The molecule has 6 rings (SSSR count). The SMILES string of the molecule is CN(C(=O)C1=NOCc2cc(-c3ccc(F)cc3)ccc21)[C@H](CN1CCC1)[C@H](O)c1ccc(OC2CC2)c(Cl)c1. The number of ether oxygens (including phenoxy) is 1. The van der Waals surface area contributed by atoms with Gasteiger partial charge in [0.1, 0.15) is 24.3 Å². The summed E-state index contributed by atoms with van der Waals surface area (Å²) < 4.78 is 19.3. The molecule has 2 aliphatic heterocycles. The van der Waals surface area contributed by atoms with Gasteiger partial charge in [-0.1, -0.05) is 47.1 Å². The second-order valence-corrected chi connectivity index (χ2v) is 11.1. The van der Waals surface area contributed by atoms with Gasteiger partial charge in [0.25, 0.3) is 5.91 Å². The molecule has 40 heavy (non-hydrogen) atoms. The van der Waals surface area contributed by atoms with E-state index in [0.717, 1.165) is 49.0 Å². The summed E-state index contributed by atoms with van der Waals surface area (Å²) in [5.41, 5.74) is 4.04. The van der Waals surface area contributed by atoms with Gasteiger partial charge in [-0.2, -0.15) is 0 Å². The van der Waals surface area contributed by atoms with Gasteiger partial charge in [-0.3, -0.25) is 4.79 Å². The molecule has 2 atom stereocenters. The first-order valence-electron chi connectivity index (χ1n) is 13.6. The van der Waals surface area contributed by atoms with Crippen LogP contribution in [-0.4, -0.2) is 65.4 Å². The number of aliphatic hydroxyl groups excluding tert-OH is 1. The Labute approximate surface area is 237 Å². The highest BCUT2D eigenvalue weighted by atomic mass is 35.5. The molecular weight excluding hydrogens is 533 g/mol. The van der Waals surface area contributed by atoms with Crippen LogP contribution in [0.3, 0.4) is 0 Å². The average Bonchev–Trinajstić information content (AvgIpc) is 3.76. The van der Waals surface area contributed by atoms with Crippen molar-refractivity contribution in [2.75, 3.05) is 26.7 Å². The normalized spacial score (nSPS) is 18.1. The average molecular weight is 564 g/mol. The van der Waals surface area contributed by atoms with Crippen LogP contribution in [0.15, 0.2) is 65.8 Å². The van der Waals surface area contributed by atoms with Crippen molar-refractivity contribution in [2.24, 2.45) is 5.16 Å². The zero-order valence-electron chi connectivity index (χ0n) is 22.2. The number of likely N-dealkylation sites (tertiary alicyclic amines) is 1. The van der Waals surface area contributed by atoms with Crippen molar-refractivity contribution in [3.8, 4) is 16.9 Å². The molecule has 1 aliphatic carbocycles. The summed E-state index contributed by atoms with van der Waals surface area (Å²) in [6, 6.07) is 16.7. The molecule has 3 aromatic carbocycles. The summed E-state index contributed by atoms with van der Waals surface area (Å²) in [6.07, 6.45) is 2.37. The molecule has 1 saturated carbocycles. The number of hydrogen-bond donors (Lipinski definition) is 1. The maximum Gasteiger partial charge on any atom is 0.276 e.